The van der Waals surface area contributed by atoms with Crippen LogP contribution < -0.4 is 15.0 Å². The predicted molar refractivity (Wildman–Crippen MR) is 99.3 cm³/mol. The van der Waals surface area contributed by atoms with Gasteiger partial charge in [0.1, 0.15) is 12.3 Å². The number of fused-ring (bicyclic) bond motifs is 1. The van der Waals surface area contributed by atoms with Crippen molar-refractivity contribution in [1.82, 2.24) is 5.32 Å². The van der Waals surface area contributed by atoms with Gasteiger partial charge in [0.2, 0.25) is 5.91 Å². The van der Waals surface area contributed by atoms with E-state index in [2.05, 4.69) is 5.32 Å². The lowest BCUT2D eigenvalue weighted by Crippen LogP contribution is -2.46. The van der Waals surface area contributed by atoms with Crippen LogP contribution in [0, 0.1) is 5.92 Å². The molecular weight excluding hydrogens is 352 g/mol. The number of carbonyl (C=O) groups excluding carboxylic acids is 2. The Kier molecular flexibility index (Phi) is 4.55. The molecule has 2 aromatic carbocycles. The fourth-order valence-corrected chi connectivity index (χ4v) is 3.39. The van der Waals surface area contributed by atoms with E-state index in [9.17, 15) is 9.59 Å². The fourth-order valence-electron chi connectivity index (χ4n) is 3.26. The summed E-state index contributed by atoms with van der Waals surface area (Å²) in [5, 5.41) is 3.77. The van der Waals surface area contributed by atoms with Gasteiger partial charge < -0.3 is 10.1 Å². The van der Waals surface area contributed by atoms with Crippen molar-refractivity contribution in [1.29, 1.82) is 0 Å². The molecule has 6 heteroatoms. The van der Waals surface area contributed by atoms with Crippen molar-refractivity contribution in [2.24, 2.45) is 5.92 Å². The van der Waals surface area contributed by atoms with E-state index in [4.69, 9.17) is 16.3 Å². The Balaban J connectivity index is 1.49. The molecule has 134 valence electrons. The first kappa shape index (κ1) is 16.9. The van der Waals surface area contributed by atoms with Crippen LogP contribution in [0.25, 0.3) is 0 Å². The average Bonchev–Trinajstić information content (AvgIpc) is 3.48. The molecule has 1 aliphatic heterocycles. The molecule has 1 saturated carbocycles. The SMILES string of the molecule is O=C(CN1C(=O)COc2ccccc21)N[C@@H](c1ccc(Cl)cc1)C1CC1. The highest BCUT2D eigenvalue weighted by Gasteiger charge is 2.34. The lowest BCUT2D eigenvalue weighted by atomic mass is 10.0. The van der Waals surface area contributed by atoms with Gasteiger partial charge in [-0.3, -0.25) is 14.5 Å². The summed E-state index contributed by atoms with van der Waals surface area (Å²) in [7, 11) is 0. The average molecular weight is 371 g/mol. The molecule has 0 saturated heterocycles. The summed E-state index contributed by atoms with van der Waals surface area (Å²) in [5.74, 6) is 0.666. The highest BCUT2D eigenvalue weighted by atomic mass is 35.5. The highest BCUT2D eigenvalue weighted by Crippen LogP contribution is 2.41. The van der Waals surface area contributed by atoms with E-state index in [0.29, 0.717) is 22.4 Å². The minimum atomic E-state index is -0.215. The van der Waals surface area contributed by atoms with Crippen LogP contribution in [0.2, 0.25) is 5.02 Å². The molecule has 0 unspecified atom stereocenters. The molecule has 4 rings (SSSR count). The first-order valence-corrected chi connectivity index (χ1v) is 9.06. The lowest BCUT2D eigenvalue weighted by molar-refractivity contribution is -0.125. The number of anilines is 1. The Morgan fingerprint density at radius 2 is 1.92 bits per heavy atom. The number of amides is 2. The minimum Gasteiger partial charge on any atom is -0.482 e. The Morgan fingerprint density at radius 1 is 1.19 bits per heavy atom. The lowest BCUT2D eigenvalue weighted by Gasteiger charge is -2.29. The zero-order chi connectivity index (χ0) is 18.1. The molecule has 1 heterocycles. The Morgan fingerprint density at radius 3 is 2.65 bits per heavy atom. The predicted octanol–water partition coefficient (Wildman–Crippen LogP) is 3.33. The van der Waals surface area contributed by atoms with Crippen molar-refractivity contribution in [3.8, 4) is 5.75 Å². The van der Waals surface area contributed by atoms with Gasteiger partial charge in [-0.25, -0.2) is 0 Å². The van der Waals surface area contributed by atoms with E-state index in [-0.39, 0.29) is 31.0 Å². The molecule has 0 bridgehead atoms. The molecule has 26 heavy (non-hydrogen) atoms. The third-order valence-electron chi connectivity index (χ3n) is 4.75. The summed E-state index contributed by atoms with van der Waals surface area (Å²) in [6, 6.07) is 14.8. The van der Waals surface area contributed by atoms with Gasteiger partial charge in [0.25, 0.3) is 5.91 Å². The topological polar surface area (TPSA) is 58.6 Å². The summed E-state index contributed by atoms with van der Waals surface area (Å²) in [4.78, 5) is 26.4. The molecule has 2 amide bonds. The maximum Gasteiger partial charge on any atom is 0.265 e. The zero-order valence-corrected chi connectivity index (χ0v) is 14.9. The second kappa shape index (κ2) is 7.00. The monoisotopic (exact) mass is 370 g/mol. The van der Waals surface area contributed by atoms with E-state index < -0.39 is 0 Å². The number of halogens is 1. The van der Waals surface area contributed by atoms with Crippen molar-refractivity contribution in [3.05, 3.63) is 59.1 Å². The normalized spacial score (nSPS) is 17.3. The van der Waals surface area contributed by atoms with E-state index in [0.717, 1.165) is 18.4 Å². The molecule has 2 aliphatic rings. The smallest absolute Gasteiger partial charge is 0.265 e. The Labute approximate surface area is 156 Å². The molecular formula is C20H19ClN2O3. The van der Waals surface area contributed by atoms with Crippen LogP contribution in [0.4, 0.5) is 5.69 Å². The Bertz CT molecular complexity index is 833. The van der Waals surface area contributed by atoms with Gasteiger partial charge in [0.05, 0.1) is 11.7 Å². The number of benzene rings is 2. The molecule has 2 aromatic rings. The maximum absolute atomic E-state index is 12.7. The summed E-state index contributed by atoms with van der Waals surface area (Å²) >= 11 is 5.97. The molecule has 1 N–H and O–H groups in total. The van der Waals surface area contributed by atoms with Crippen molar-refractivity contribution in [2.75, 3.05) is 18.1 Å². The van der Waals surface area contributed by atoms with Gasteiger partial charge in [0.15, 0.2) is 6.61 Å². The van der Waals surface area contributed by atoms with Crippen LogP contribution in [0.5, 0.6) is 5.75 Å². The molecule has 1 aliphatic carbocycles. The third kappa shape index (κ3) is 3.53. The molecule has 5 nitrogen and oxygen atoms in total. The third-order valence-corrected chi connectivity index (χ3v) is 5.00. The van der Waals surface area contributed by atoms with Crippen molar-refractivity contribution in [2.45, 2.75) is 18.9 Å². The summed E-state index contributed by atoms with van der Waals surface area (Å²) in [6.45, 7) is -0.0659. The molecule has 1 atom stereocenters. The second-order valence-corrected chi connectivity index (χ2v) is 7.11. The number of nitrogens with one attached hydrogen (secondary N) is 1. The number of hydrogen-bond acceptors (Lipinski definition) is 3. The standard InChI is InChI=1S/C20H19ClN2O3/c21-15-9-7-14(8-10-15)20(13-5-6-13)22-18(24)11-23-16-3-1-2-4-17(16)26-12-19(23)25/h1-4,7-10,13,20H,5-6,11-12H2,(H,22,24)/t20-/m1/s1. The number of nitrogens with zero attached hydrogens (tertiary/aromatic N) is 1. The first-order chi connectivity index (χ1) is 12.6. The van der Waals surface area contributed by atoms with Gasteiger partial charge in [0, 0.05) is 5.02 Å². The van der Waals surface area contributed by atoms with Gasteiger partial charge in [-0.15, -0.1) is 0 Å². The van der Waals surface area contributed by atoms with E-state index in [1.807, 2.05) is 36.4 Å². The number of carbonyl (C=O) groups is 2. The number of rotatable bonds is 5. The minimum absolute atomic E-state index is 0.0178. The highest BCUT2D eigenvalue weighted by molar-refractivity contribution is 6.30. The van der Waals surface area contributed by atoms with Crippen LogP contribution in [-0.4, -0.2) is 25.0 Å². The van der Waals surface area contributed by atoms with Crippen molar-refractivity contribution >= 4 is 29.1 Å². The van der Waals surface area contributed by atoms with Gasteiger partial charge >= 0.3 is 0 Å². The van der Waals surface area contributed by atoms with E-state index in [1.165, 1.54) is 4.90 Å². The van der Waals surface area contributed by atoms with Crippen LogP contribution in [0.15, 0.2) is 48.5 Å². The van der Waals surface area contributed by atoms with Gasteiger partial charge in [-0.2, -0.15) is 0 Å². The van der Waals surface area contributed by atoms with Crippen LogP contribution in [0.3, 0.4) is 0 Å². The molecule has 0 radical (unpaired) electrons. The first-order valence-electron chi connectivity index (χ1n) is 8.69. The number of hydrogen-bond donors (Lipinski definition) is 1. The van der Waals surface area contributed by atoms with Crippen LogP contribution in [-0.2, 0) is 9.59 Å². The van der Waals surface area contributed by atoms with Gasteiger partial charge in [-0.05, 0) is 48.6 Å². The van der Waals surface area contributed by atoms with Crippen molar-refractivity contribution in [3.63, 3.8) is 0 Å². The Hall–Kier alpha value is -2.53. The van der Waals surface area contributed by atoms with Crippen molar-refractivity contribution < 1.29 is 14.3 Å². The van der Waals surface area contributed by atoms with Crippen LogP contribution in [0.1, 0.15) is 24.4 Å². The molecule has 0 spiro atoms. The summed E-state index contributed by atoms with van der Waals surface area (Å²) in [6.07, 6.45) is 2.18. The summed E-state index contributed by atoms with van der Waals surface area (Å²) in [5.41, 5.74) is 1.67. The zero-order valence-electron chi connectivity index (χ0n) is 14.2. The van der Waals surface area contributed by atoms with E-state index in [1.54, 1.807) is 12.1 Å². The molecule has 1 fully saturated rings. The van der Waals surface area contributed by atoms with E-state index >= 15 is 0 Å². The quantitative estimate of drug-likeness (QED) is 0.878. The summed E-state index contributed by atoms with van der Waals surface area (Å²) < 4.78 is 5.42. The number of para-hydroxylation sites is 2. The molecule has 0 aromatic heterocycles. The fraction of sp³-hybridized carbons (Fsp3) is 0.300. The number of ether oxygens (including phenoxy) is 1. The second-order valence-electron chi connectivity index (χ2n) is 6.67. The van der Waals surface area contributed by atoms with Crippen LogP contribution >= 0.6 is 11.6 Å². The largest absolute Gasteiger partial charge is 0.482 e. The maximum atomic E-state index is 12.7. The van der Waals surface area contributed by atoms with Gasteiger partial charge in [-0.1, -0.05) is 35.9 Å².